The van der Waals surface area contributed by atoms with E-state index in [1.54, 1.807) is 29.3 Å². The Morgan fingerprint density at radius 2 is 1.73 bits per heavy atom. The van der Waals surface area contributed by atoms with Gasteiger partial charge < -0.3 is 20.4 Å². The minimum atomic E-state index is -0.111. The molecule has 0 atom stereocenters. The van der Waals surface area contributed by atoms with Crippen LogP contribution >= 0.6 is 0 Å². The molecule has 0 bridgehead atoms. The maximum absolute atomic E-state index is 12.9. The molecule has 2 aromatic heterocycles. The number of aromatic nitrogens is 4. The normalized spacial score (nSPS) is 13.8. The molecular weight excluding hydrogens is 510 g/mol. The molecule has 5 rings (SSSR count). The SMILES string of the molecule is Cc1cc(-c2nnc(C)n2-c2ccc(C=O)nc2)ccc1CNC(=O)N1CCN(Cc2cc(O)cc(O)c2)CC1. The summed E-state index contributed by atoms with van der Waals surface area (Å²) in [5.41, 5.74) is 4.84. The van der Waals surface area contributed by atoms with Gasteiger partial charge in [0.25, 0.3) is 0 Å². The Bertz CT molecular complexity index is 1510. The molecule has 2 amide bonds. The number of nitrogens with zero attached hydrogens (tertiary/aromatic N) is 6. The number of hydrogen-bond donors (Lipinski definition) is 3. The zero-order chi connectivity index (χ0) is 28.2. The molecule has 0 spiro atoms. The summed E-state index contributed by atoms with van der Waals surface area (Å²) in [6.07, 6.45) is 2.33. The van der Waals surface area contributed by atoms with Crippen LogP contribution in [-0.2, 0) is 13.1 Å². The number of carbonyl (C=O) groups excluding carboxylic acids is 2. The van der Waals surface area contributed by atoms with Gasteiger partial charge in [-0.1, -0.05) is 12.1 Å². The lowest BCUT2D eigenvalue weighted by Crippen LogP contribution is -2.51. The van der Waals surface area contributed by atoms with E-state index in [-0.39, 0.29) is 17.5 Å². The lowest BCUT2D eigenvalue weighted by molar-refractivity contribution is 0.111. The highest BCUT2D eigenvalue weighted by atomic mass is 16.3. The van der Waals surface area contributed by atoms with Crippen LogP contribution in [0.5, 0.6) is 11.5 Å². The predicted molar refractivity (Wildman–Crippen MR) is 148 cm³/mol. The van der Waals surface area contributed by atoms with Gasteiger partial charge in [-0.3, -0.25) is 19.2 Å². The van der Waals surface area contributed by atoms with Crippen LogP contribution in [0, 0.1) is 13.8 Å². The highest BCUT2D eigenvalue weighted by Crippen LogP contribution is 2.25. The minimum absolute atomic E-state index is 0.0380. The highest BCUT2D eigenvalue weighted by Gasteiger charge is 2.21. The van der Waals surface area contributed by atoms with Crippen LogP contribution in [0.25, 0.3) is 17.1 Å². The van der Waals surface area contributed by atoms with E-state index in [0.717, 1.165) is 27.9 Å². The fraction of sp³-hybridized carbons (Fsp3) is 0.276. The van der Waals surface area contributed by atoms with Gasteiger partial charge in [0, 0.05) is 50.9 Å². The largest absolute Gasteiger partial charge is 0.508 e. The van der Waals surface area contributed by atoms with E-state index in [9.17, 15) is 19.8 Å². The number of rotatable bonds is 7. The van der Waals surface area contributed by atoms with Gasteiger partial charge in [-0.2, -0.15) is 0 Å². The molecule has 1 fully saturated rings. The number of aromatic hydroxyl groups is 2. The molecular formula is C29H31N7O4. The van der Waals surface area contributed by atoms with E-state index in [1.165, 1.54) is 6.07 Å². The summed E-state index contributed by atoms with van der Waals surface area (Å²) in [5, 5.41) is 31.0. The number of benzene rings is 2. The summed E-state index contributed by atoms with van der Waals surface area (Å²) >= 11 is 0. The molecule has 1 aliphatic rings. The Morgan fingerprint density at radius 3 is 2.38 bits per heavy atom. The first kappa shape index (κ1) is 26.8. The number of piperazine rings is 1. The fourth-order valence-corrected chi connectivity index (χ4v) is 4.89. The second-order valence-corrected chi connectivity index (χ2v) is 9.89. The molecule has 206 valence electrons. The maximum atomic E-state index is 12.9. The smallest absolute Gasteiger partial charge is 0.317 e. The van der Waals surface area contributed by atoms with Crippen molar-refractivity contribution in [3.63, 3.8) is 0 Å². The molecule has 11 heteroatoms. The van der Waals surface area contributed by atoms with E-state index >= 15 is 0 Å². The van der Waals surface area contributed by atoms with Crippen LogP contribution in [0.2, 0.25) is 0 Å². The molecule has 2 aromatic carbocycles. The van der Waals surface area contributed by atoms with Crippen molar-refractivity contribution < 1.29 is 19.8 Å². The summed E-state index contributed by atoms with van der Waals surface area (Å²) in [7, 11) is 0. The lowest BCUT2D eigenvalue weighted by Gasteiger charge is -2.34. The summed E-state index contributed by atoms with van der Waals surface area (Å²) in [6.45, 7) is 7.43. The summed E-state index contributed by atoms with van der Waals surface area (Å²) < 4.78 is 1.89. The van der Waals surface area contributed by atoms with Gasteiger partial charge in [-0.05, 0) is 60.9 Å². The maximum Gasteiger partial charge on any atom is 0.317 e. The van der Waals surface area contributed by atoms with Gasteiger partial charge >= 0.3 is 6.03 Å². The number of phenolic OH excluding ortho intramolecular Hbond substituents is 2. The van der Waals surface area contributed by atoms with E-state index < -0.39 is 0 Å². The van der Waals surface area contributed by atoms with Crippen molar-refractivity contribution >= 4 is 12.3 Å². The number of nitrogens with one attached hydrogen (secondary N) is 1. The Kier molecular flexibility index (Phi) is 7.74. The van der Waals surface area contributed by atoms with Gasteiger partial charge in [-0.25, -0.2) is 4.79 Å². The van der Waals surface area contributed by atoms with Crippen LogP contribution in [0.15, 0.2) is 54.7 Å². The third kappa shape index (κ3) is 5.94. The molecule has 3 heterocycles. The Morgan fingerprint density at radius 1 is 0.975 bits per heavy atom. The van der Waals surface area contributed by atoms with Crippen LogP contribution in [0.4, 0.5) is 4.79 Å². The van der Waals surface area contributed by atoms with Crippen molar-refractivity contribution in [2.45, 2.75) is 26.9 Å². The standard InChI is InChI=1S/C29H31N7O4/c1-19-11-22(28-33-32-20(2)36(28)25-6-5-24(18-37)30-16-25)3-4-23(19)15-31-29(40)35-9-7-34(8-10-35)17-21-12-26(38)14-27(39)13-21/h3-6,11-14,16,18,38-39H,7-10,15,17H2,1-2H3,(H,31,40). The molecule has 1 saturated heterocycles. The number of hydrogen-bond acceptors (Lipinski definition) is 8. The molecule has 0 aliphatic carbocycles. The average molecular weight is 542 g/mol. The van der Waals surface area contributed by atoms with Crippen LogP contribution < -0.4 is 5.32 Å². The van der Waals surface area contributed by atoms with Crippen LogP contribution in [0.3, 0.4) is 0 Å². The van der Waals surface area contributed by atoms with Crippen molar-refractivity contribution in [1.82, 2.24) is 34.9 Å². The monoisotopic (exact) mass is 541 g/mol. The third-order valence-corrected chi connectivity index (χ3v) is 7.03. The molecule has 3 N–H and O–H groups in total. The molecule has 0 saturated carbocycles. The topological polar surface area (TPSA) is 137 Å². The van der Waals surface area contributed by atoms with Crippen molar-refractivity contribution in [3.05, 3.63) is 82.9 Å². The van der Waals surface area contributed by atoms with E-state index in [0.29, 0.717) is 62.9 Å². The van der Waals surface area contributed by atoms with Crippen LogP contribution in [-0.4, -0.2) is 78.3 Å². The Balaban J connectivity index is 1.18. The third-order valence-electron chi connectivity index (χ3n) is 7.03. The first-order valence-corrected chi connectivity index (χ1v) is 13.0. The molecule has 4 aromatic rings. The van der Waals surface area contributed by atoms with Crippen molar-refractivity contribution in [2.75, 3.05) is 26.2 Å². The fourth-order valence-electron chi connectivity index (χ4n) is 4.89. The van der Waals surface area contributed by atoms with Crippen molar-refractivity contribution in [2.24, 2.45) is 0 Å². The zero-order valence-electron chi connectivity index (χ0n) is 22.4. The molecule has 0 unspecified atom stereocenters. The summed E-state index contributed by atoms with van der Waals surface area (Å²) in [6, 6.07) is 13.9. The number of urea groups is 1. The Hall–Kier alpha value is -4.77. The number of aryl methyl sites for hydroxylation is 2. The lowest BCUT2D eigenvalue weighted by atomic mass is 10.0. The van der Waals surface area contributed by atoms with Gasteiger partial charge in [0.15, 0.2) is 12.1 Å². The number of pyridine rings is 1. The second kappa shape index (κ2) is 11.5. The number of carbonyl (C=O) groups is 2. The predicted octanol–water partition coefficient (Wildman–Crippen LogP) is 3.20. The highest BCUT2D eigenvalue weighted by molar-refractivity contribution is 5.74. The van der Waals surface area contributed by atoms with Gasteiger partial charge in [0.1, 0.15) is 23.0 Å². The van der Waals surface area contributed by atoms with Crippen molar-refractivity contribution in [3.8, 4) is 28.6 Å². The number of amides is 2. The quantitative estimate of drug-likeness (QED) is 0.304. The number of aldehydes is 1. The molecule has 0 radical (unpaired) electrons. The summed E-state index contributed by atoms with van der Waals surface area (Å²) in [5.74, 6) is 1.44. The summed E-state index contributed by atoms with van der Waals surface area (Å²) in [4.78, 5) is 32.0. The molecule has 11 nitrogen and oxygen atoms in total. The second-order valence-electron chi connectivity index (χ2n) is 9.89. The van der Waals surface area contributed by atoms with E-state index in [1.807, 2.05) is 42.7 Å². The van der Waals surface area contributed by atoms with E-state index in [4.69, 9.17) is 0 Å². The average Bonchev–Trinajstić information content (AvgIpc) is 3.33. The van der Waals surface area contributed by atoms with Gasteiger partial charge in [0.05, 0.1) is 11.9 Å². The van der Waals surface area contributed by atoms with E-state index in [2.05, 4.69) is 25.4 Å². The number of phenols is 2. The molecule has 40 heavy (non-hydrogen) atoms. The molecule has 1 aliphatic heterocycles. The Labute approximate surface area is 231 Å². The van der Waals surface area contributed by atoms with Gasteiger partial charge in [-0.15, -0.1) is 10.2 Å². The first-order valence-electron chi connectivity index (χ1n) is 13.0. The van der Waals surface area contributed by atoms with Gasteiger partial charge in [0.2, 0.25) is 0 Å². The van der Waals surface area contributed by atoms with Crippen molar-refractivity contribution in [1.29, 1.82) is 0 Å². The van der Waals surface area contributed by atoms with Crippen LogP contribution in [0.1, 0.15) is 33.0 Å². The zero-order valence-corrected chi connectivity index (χ0v) is 22.4. The minimum Gasteiger partial charge on any atom is -0.508 e. The first-order chi connectivity index (χ1) is 19.3.